The van der Waals surface area contributed by atoms with Gasteiger partial charge in [0.15, 0.2) is 5.82 Å². The average Bonchev–Trinajstić information content (AvgIpc) is 2.72. The molecule has 0 saturated heterocycles. The first-order valence-corrected chi connectivity index (χ1v) is 10.1. The first-order valence-electron chi connectivity index (χ1n) is 8.61. The quantitative estimate of drug-likeness (QED) is 0.273. The molecule has 1 atom stereocenters. The van der Waals surface area contributed by atoms with Crippen LogP contribution in [0.25, 0.3) is 11.3 Å². The molecule has 0 fully saturated rings. The van der Waals surface area contributed by atoms with Crippen LogP contribution in [0.5, 0.6) is 0 Å². The fraction of sp³-hybridized carbons (Fsp3) is 0.167. The fourth-order valence-electron chi connectivity index (χ4n) is 2.36. The molecular formula is C18H20N6O4S. The lowest BCUT2D eigenvalue weighted by Gasteiger charge is -2.15. The van der Waals surface area contributed by atoms with Gasteiger partial charge in [0.25, 0.3) is 10.1 Å². The van der Waals surface area contributed by atoms with Crippen LogP contribution in [-0.2, 0) is 10.1 Å². The van der Waals surface area contributed by atoms with Crippen LogP contribution < -0.4 is 16.2 Å². The molecule has 5 N–H and O–H groups in total. The number of anilines is 3. The molecule has 3 rings (SSSR count). The molecule has 10 nitrogen and oxygen atoms in total. The van der Waals surface area contributed by atoms with E-state index in [0.717, 1.165) is 5.56 Å². The van der Waals surface area contributed by atoms with Crippen molar-refractivity contribution in [1.29, 1.82) is 0 Å². The maximum atomic E-state index is 11.1. The Kier molecular flexibility index (Phi) is 6.22. The molecule has 29 heavy (non-hydrogen) atoms. The van der Waals surface area contributed by atoms with Gasteiger partial charge in [-0.3, -0.25) is 20.4 Å². The van der Waals surface area contributed by atoms with Gasteiger partial charge >= 0.3 is 0 Å². The zero-order chi connectivity index (χ0) is 20.9. The Bertz CT molecular complexity index is 1060. The number of pyridine rings is 1. The van der Waals surface area contributed by atoms with E-state index in [1.54, 1.807) is 25.4 Å². The topological polar surface area (TPSA) is 149 Å². The van der Waals surface area contributed by atoms with Crippen molar-refractivity contribution in [1.82, 2.24) is 15.0 Å². The summed E-state index contributed by atoms with van der Waals surface area (Å²) in [6.45, 7) is 1.72. The van der Waals surface area contributed by atoms with Gasteiger partial charge in [-0.25, -0.2) is 4.98 Å². The van der Waals surface area contributed by atoms with Gasteiger partial charge in [-0.1, -0.05) is 0 Å². The van der Waals surface area contributed by atoms with E-state index >= 15 is 0 Å². The molecule has 3 aromatic rings. The number of aliphatic hydroxyl groups excluding tert-OH is 1. The van der Waals surface area contributed by atoms with Crippen molar-refractivity contribution in [2.45, 2.75) is 17.9 Å². The monoisotopic (exact) mass is 416 g/mol. The van der Waals surface area contributed by atoms with Gasteiger partial charge in [0.05, 0.1) is 22.9 Å². The van der Waals surface area contributed by atoms with Gasteiger partial charge < -0.3 is 10.4 Å². The molecule has 0 bridgehead atoms. The predicted molar refractivity (Wildman–Crippen MR) is 109 cm³/mol. The zero-order valence-electron chi connectivity index (χ0n) is 15.4. The van der Waals surface area contributed by atoms with E-state index in [1.165, 1.54) is 24.3 Å². The first-order chi connectivity index (χ1) is 13.8. The van der Waals surface area contributed by atoms with Crippen molar-refractivity contribution in [3.05, 3.63) is 54.9 Å². The highest BCUT2D eigenvalue weighted by molar-refractivity contribution is 7.85. The molecule has 0 aliphatic rings. The normalized spacial score (nSPS) is 12.2. The third-order valence-electron chi connectivity index (χ3n) is 3.84. The van der Waals surface area contributed by atoms with Gasteiger partial charge in [-0.15, -0.1) is 0 Å². The summed E-state index contributed by atoms with van der Waals surface area (Å²) in [6.07, 6.45) is 3.31. The highest BCUT2D eigenvalue weighted by Crippen LogP contribution is 2.22. The van der Waals surface area contributed by atoms with E-state index in [0.29, 0.717) is 23.1 Å². The lowest BCUT2D eigenvalue weighted by Crippen LogP contribution is -2.21. The number of nitrogens with one attached hydrogen (secondary N) is 3. The number of benzene rings is 1. The van der Waals surface area contributed by atoms with Crippen LogP contribution in [0.4, 0.5) is 17.5 Å². The number of hydrogen-bond acceptors (Lipinski definition) is 9. The van der Waals surface area contributed by atoms with Gasteiger partial charge in [-0.2, -0.15) is 13.4 Å². The molecule has 2 aromatic heterocycles. The second-order valence-corrected chi connectivity index (χ2v) is 7.60. The van der Waals surface area contributed by atoms with Crippen LogP contribution in [-0.4, -0.2) is 45.7 Å². The largest absolute Gasteiger partial charge is 0.394 e. The van der Waals surface area contributed by atoms with E-state index in [2.05, 4.69) is 31.1 Å². The summed E-state index contributed by atoms with van der Waals surface area (Å²) in [5, 5.41) is 12.3. The molecule has 2 heterocycles. The maximum Gasteiger partial charge on any atom is 0.294 e. The van der Waals surface area contributed by atoms with Crippen LogP contribution in [0.3, 0.4) is 0 Å². The van der Waals surface area contributed by atoms with E-state index < -0.39 is 10.1 Å². The van der Waals surface area contributed by atoms with Crippen molar-refractivity contribution in [2.75, 3.05) is 22.8 Å². The molecule has 0 unspecified atom stereocenters. The molecular weight excluding hydrogens is 396 g/mol. The standard InChI is InChI=1S/C18H20N6O4S/c1-12(11-25)20-18-21-16(13-6-8-19-9-7-13)10-17(22-18)24-23-14-2-4-15(5-3-14)29(26,27)28/h2-10,12,23,25H,11H2,1H3,(H,26,27,28)(H2,20,21,22,24)/t12-/m0/s1. The van der Waals surface area contributed by atoms with Crippen molar-refractivity contribution in [2.24, 2.45) is 0 Å². The minimum absolute atomic E-state index is 0.0794. The number of rotatable bonds is 8. The Labute approximate surface area is 167 Å². The molecule has 0 amide bonds. The third kappa shape index (κ3) is 5.60. The summed E-state index contributed by atoms with van der Waals surface area (Å²) >= 11 is 0. The van der Waals surface area contributed by atoms with Crippen molar-refractivity contribution >= 4 is 27.6 Å². The highest BCUT2D eigenvalue weighted by Gasteiger charge is 2.10. The van der Waals surface area contributed by atoms with Crippen molar-refractivity contribution in [3.63, 3.8) is 0 Å². The highest BCUT2D eigenvalue weighted by atomic mass is 32.2. The van der Waals surface area contributed by atoms with E-state index in [1.807, 2.05) is 12.1 Å². The Morgan fingerprint density at radius 1 is 1.03 bits per heavy atom. The smallest absolute Gasteiger partial charge is 0.294 e. The predicted octanol–water partition coefficient (Wildman–Crippen LogP) is 2.02. The lowest BCUT2D eigenvalue weighted by molar-refractivity contribution is 0.281. The van der Waals surface area contributed by atoms with E-state index in [9.17, 15) is 13.5 Å². The molecule has 11 heteroatoms. The third-order valence-corrected chi connectivity index (χ3v) is 4.71. The van der Waals surface area contributed by atoms with Gasteiger partial charge in [-0.05, 0) is 43.3 Å². The first kappa shape index (κ1) is 20.5. The summed E-state index contributed by atoms with van der Waals surface area (Å²) in [4.78, 5) is 12.6. The molecule has 152 valence electrons. The van der Waals surface area contributed by atoms with Crippen LogP contribution in [0.2, 0.25) is 0 Å². The summed E-state index contributed by atoms with van der Waals surface area (Å²) in [5.41, 5.74) is 7.87. The number of hydrazine groups is 1. The molecule has 0 saturated carbocycles. The van der Waals surface area contributed by atoms with E-state index in [4.69, 9.17) is 4.55 Å². The van der Waals surface area contributed by atoms with Gasteiger partial charge in [0.1, 0.15) is 0 Å². The Hall–Kier alpha value is -3.28. The van der Waals surface area contributed by atoms with Crippen LogP contribution in [0, 0.1) is 0 Å². The second-order valence-electron chi connectivity index (χ2n) is 6.18. The zero-order valence-corrected chi connectivity index (χ0v) is 16.3. The van der Waals surface area contributed by atoms with Gasteiger partial charge in [0.2, 0.25) is 5.95 Å². The van der Waals surface area contributed by atoms with Crippen molar-refractivity contribution in [3.8, 4) is 11.3 Å². The Balaban J connectivity index is 1.82. The Morgan fingerprint density at radius 2 is 1.72 bits per heavy atom. The lowest BCUT2D eigenvalue weighted by atomic mass is 10.2. The summed E-state index contributed by atoms with van der Waals surface area (Å²) < 4.78 is 31.3. The number of aliphatic hydroxyl groups is 1. The van der Waals surface area contributed by atoms with Gasteiger partial charge in [0, 0.05) is 30.1 Å². The van der Waals surface area contributed by atoms with Crippen LogP contribution >= 0.6 is 0 Å². The Morgan fingerprint density at radius 3 is 2.34 bits per heavy atom. The number of nitrogens with zero attached hydrogens (tertiary/aromatic N) is 3. The summed E-state index contributed by atoms with van der Waals surface area (Å²) in [6, 6.07) is 10.7. The summed E-state index contributed by atoms with van der Waals surface area (Å²) in [7, 11) is -4.25. The average molecular weight is 416 g/mol. The van der Waals surface area contributed by atoms with Crippen molar-refractivity contribution < 1.29 is 18.1 Å². The number of hydrogen-bond donors (Lipinski definition) is 5. The second kappa shape index (κ2) is 8.82. The minimum atomic E-state index is -4.25. The summed E-state index contributed by atoms with van der Waals surface area (Å²) in [5.74, 6) is 0.769. The van der Waals surface area contributed by atoms with E-state index in [-0.39, 0.29) is 17.5 Å². The molecule has 0 aliphatic heterocycles. The SMILES string of the molecule is C[C@@H](CO)Nc1nc(NNc2ccc(S(=O)(=O)O)cc2)cc(-c2ccncc2)n1. The van der Waals surface area contributed by atoms with Crippen LogP contribution in [0.15, 0.2) is 59.8 Å². The van der Waals surface area contributed by atoms with Crippen LogP contribution in [0.1, 0.15) is 6.92 Å². The maximum absolute atomic E-state index is 11.1. The fourth-order valence-corrected chi connectivity index (χ4v) is 2.84. The molecule has 0 spiro atoms. The molecule has 0 aliphatic carbocycles. The number of aromatic nitrogens is 3. The molecule has 1 aromatic carbocycles. The molecule has 0 radical (unpaired) electrons. The minimum Gasteiger partial charge on any atom is -0.394 e.